The van der Waals surface area contributed by atoms with Crippen LogP contribution in [0.4, 0.5) is 0 Å². The lowest BCUT2D eigenvalue weighted by molar-refractivity contribution is -0.184. The molecule has 0 radical (unpaired) electrons. The number of aliphatic hydroxyl groups is 1. The Morgan fingerprint density at radius 2 is 2.12 bits per heavy atom. The van der Waals surface area contributed by atoms with Crippen LogP contribution in [0, 0.1) is 45.8 Å². The fourth-order valence-corrected chi connectivity index (χ4v) is 7.98. The van der Waals surface area contributed by atoms with Gasteiger partial charge in [-0.1, -0.05) is 32.4 Å². The van der Waals surface area contributed by atoms with Crippen LogP contribution in [-0.4, -0.2) is 34.5 Å². The number of aliphatic hydroxyl groups excluding tert-OH is 1. The van der Waals surface area contributed by atoms with Gasteiger partial charge in [-0.25, -0.2) is 0 Å². The van der Waals surface area contributed by atoms with E-state index in [-0.39, 0.29) is 41.6 Å². The summed E-state index contributed by atoms with van der Waals surface area (Å²) in [5.41, 5.74) is -2.14. The van der Waals surface area contributed by atoms with E-state index < -0.39 is 22.2 Å². The molecule has 0 aromatic carbocycles. The van der Waals surface area contributed by atoms with Gasteiger partial charge in [-0.15, -0.1) is 11.6 Å². The average Bonchev–Trinajstić information content (AvgIpc) is 3.09. The normalized spacial score (nSPS) is 53.0. The SMILES string of the molecule is CC(C)C1=CC2C[C@]3(C=O)C4CC(Cl)C(C)C4C[C@]2(CO)[C@]13C(=O)O. The molecule has 0 amide bonds. The third-order valence-corrected chi connectivity index (χ3v) is 9.04. The van der Waals surface area contributed by atoms with E-state index in [0.29, 0.717) is 19.3 Å². The van der Waals surface area contributed by atoms with E-state index in [4.69, 9.17) is 11.6 Å². The first-order valence-corrected chi connectivity index (χ1v) is 9.84. The predicted molar refractivity (Wildman–Crippen MR) is 94.1 cm³/mol. The Morgan fingerprint density at radius 1 is 1.44 bits per heavy atom. The Kier molecular flexibility index (Phi) is 3.58. The number of carboxylic acid groups (broad SMARTS) is 1. The fourth-order valence-electron chi connectivity index (χ4n) is 7.60. The molecule has 0 aromatic rings. The summed E-state index contributed by atoms with van der Waals surface area (Å²) in [5, 5.41) is 21.0. The molecule has 0 saturated heterocycles. The number of fused-ring (bicyclic) bond motifs is 2. The molecule has 0 aliphatic heterocycles. The number of aliphatic carboxylic acids is 1. The summed E-state index contributed by atoms with van der Waals surface area (Å²) in [6, 6.07) is 0. The van der Waals surface area contributed by atoms with Crippen LogP contribution >= 0.6 is 11.6 Å². The molecule has 5 heteroatoms. The lowest BCUT2D eigenvalue weighted by atomic mass is 9.43. The fraction of sp³-hybridized carbons (Fsp3) is 0.800. The molecule has 4 nitrogen and oxygen atoms in total. The van der Waals surface area contributed by atoms with Crippen LogP contribution in [-0.2, 0) is 9.59 Å². The van der Waals surface area contributed by atoms with Gasteiger partial charge in [0.15, 0.2) is 0 Å². The zero-order chi connectivity index (χ0) is 18.4. The summed E-state index contributed by atoms with van der Waals surface area (Å²) >= 11 is 6.57. The van der Waals surface area contributed by atoms with Gasteiger partial charge in [0.2, 0.25) is 0 Å². The number of carbonyl (C=O) groups excluding carboxylic acids is 1. The Hall–Kier alpha value is -0.870. The lowest BCUT2D eigenvalue weighted by Gasteiger charge is -2.58. The number of hydrogen-bond donors (Lipinski definition) is 2. The van der Waals surface area contributed by atoms with Crippen LogP contribution in [0.1, 0.15) is 40.0 Å². The van der Waals surface area contributed by atoms with Gasteiger partial charge in [-0.2, -0.15) is 0 Å². The molecule has 4 bridgehead atoms. The highest BCUT2D eigenvalue weighted by atomic mass is 35.5. The second-order valence-corrected chi connectivity index (χ2v) is 9.76. The molecule has 3 fully saturated rings. The topological polar surface area (TPSA) is 74.6 Å². The molecule has 4 aliphatic carbocycles. The summed E-state index contributed by atoms with van der Waals surface area (Å²) < 4.78 is 0. The Bertz CT molecular complexity index is 673. The summed E-state index contributed by atoms with van der Waals surface area (Å²) in [5.74, 6) is -0.500. The molecule has 0 aromatic heterocycles. The van der Waals surface area contributed by atoms with Crippen molar-refractivity contribution in [1.29, 1.82) is 0 Å². The second kappa shape index (κ2) is 5.10. The molecule has 2 N–H and O–H groups in total. The summed E-state index contributed by atoms with van der Waals surface area (Å²) in [4.78, 5) is 25.5. The van der Waals surface area contributed by atoms with Crippen molar-refractivity contribution in [1.82, 2.24) is 0 Å². The minimum Gasteiger partial charge on any atom is -0.481 e. The summed E-state index contributed by atoms with van der Waals surface area (Å²) in [7, 11) is 0. The molecule has 8 atom stereocenters. The van der Waals surface area contributed by atoms with Crippen molar-refractivity contribution in [2.75, 3.05) is 6.61 Å². The van der Waals surface area contributed by atoms with Crippen molar-refractivity contribution in [2.24, 2.45) is 45.8 Å². The highest BCUT2D eigenvalue weighted by Gasteiger charge is 2.84. The number of rotatable bonds is 4. The van der Waals surface area contributed by atoms with Crippen LogP contribution in [0.2, 0.25) is 0 Å². The quantitative estimate of drug-likeness (QED) is 0.455. The van der Waals surface area contributed by atoms with Crippen molar-refractivity contribution in [3.05, 3.63) is 11.6 Å². The van der Waals surface area contributed by atoms with Gasteiger partial charge in [-0.05, 0) is 48.9 Å². The van der Waals surface area contributed by atoms with E-state index in [0.717, 1.165) is 11.9 Å². The molecule has 3 saturated carbocycles. The standard InChI is InChI=1S/C20H27ClO4/c1-10(2)14-4-12-6-19(9-23)15-5-16(21)11(3)13(15)7-18(12,8-22)20(14,19)17(24)25/h4,9-13,15-16,22H,5-8H2,1-3H3,(H,24,25)/t11?,12?,13?,15?,16?,18-,19+,20-/m1/s1. The Morgan fingerprint density at radius 3 is 2.64 bits per heavy atom. The zero-order valence-corrected chi connectivity index (χ0v) is 15.8. The van der Waals surface area contributed by atoms with Gasteiger partial charge in [-0.3, -0.25) is 4.79 Å². The van der Waals surface area contributed by atoms with Crippen molar-refractivity contribution in [3.63, 3.8) is 0 Å². The third kappa shape index (κ3) is 1.57. The van der Waals surface area contributed by atoms with Gasteiger partial charge in [0.1, 0.15) is 11.7 Å². The molecular weight excluding hydrogens is 340 g/mol. The van der Waals surface area contributed by atoms with Gasteiger partial charge in [0.25, 0.3) is 0 Å². The van der Waals surface area contributed by atoms with Crippen LogP contribution in [0.5, 0.6) is 0 Å². The highest BCUT2D eigenvalue weighted by molar-refractivity contribution is 6.21. The summed E-state index contributed by atoms with van der Waals surface area (Å²) in [6.07, 6.45) is 4.91. The predicted octanol–water partition coefficient (Wildman–Crippen LogP) is 3.12. The van der Waals surface area contributed by atoms with Gasteiger partial charge >= 0.3 is 5.97 Å². The maximum absolute atomic E-state index is 12.8. The molecule has 25 heavy (non-hydrogen) atoms. The van der Waals surface area contributed by atoms with E-state index >= 15 is 0 Å². The van der Waals surface area contributed by atoms with Crippen molar-refractivity contribution < 1.29 is 19.8 Å². The molecule has 0 heterocycles. The van der Waals surface area contributed by atoms with Crippen molar-refractivity contribution in [3.8, 4) is 0 Å². The smallest absolute Gasteiger partial charge is 0.315 e. The number of carboxylic acids is 1. The number of halogens is 1. The number of carbonyl (C=O) groups is 2. The maximum Gasteiger partial charge on any atom is 0.315 e. The van der Waals surface area contributed by atoms with E-state index in [9.17, 15) is 19.8 Å². The van der Waals surface area contributed by atoms with E-state index in [1.807, 2.05) is 13.8 Å². The Labute approximate surface area is 153 Å². The number of aldehydes is 1. The van der Waals surface area contributed by atoms with Crippen LogP contribution in [0.3, 0.4) is 0 Å². The number of allylic oxidation sites excluding steroid dienone is 1. The van der Waals surface area contributed by atoms with Crippen LogP contribution in [0.15, 0.2) is 11.6 Å². The molecule has 4 aliphatic rings. The first-order chi connectivity index (χ1) is 11.7. The van der Waals surface area contributed by atoms with Crippen molar-refractivity contribution in [2.45, 2.75) is 45.4 Å². The highest BCUT2D eigenvalue weighted by Crippen LogP contribution is 2.82. The largest absolute Gasteiger partial charge is 0.481 e. The monoisotopic (exact) mass is 366 g/mol. The third-order valence-electron chi connectivity index (χ3n) is 8.46. The van der Waals surface area contributed by atoms with E-state index in [2.05, 4.69) is 13.0 Å². The minimum absolute atomic E-state index is 0.00859. The number of hydrogen-bond acceptors (Lipinski definition) is 3. The van der Waals surface area contributed by atoms with Crippen molar-refractivity contribution >= 4 is 23.9 Å². The lowest BCUT2D eigenvalue weighted by Crippen LogP contribution is -2.63. The van der Waals surface area contributed by atoms with E-state index in [1.165, 1.54) is 0 Å². The van der Waals surface area contributed by atoms with Gasteiger partial charge in [0.05, 0.1) is 12.0 Å². The first-order valence-electron chi connectivity index (χ1n) is 9.40. The molecule has 5 unspecified atom stereocenters. The molecule has 138 valence electrons. The van der Waals surface area contributed by atoms with Gasteiger partial charge in [0, 0.05) is 10.8 Å². The second-order valence-electron chi connectivity index (χ2n) is 9.20. The molecule has 0 spiro atoms. The molecule has 4 rings (SSSR count). The first kappa shape index (κ1) is 17.5. The minimum atomic E-state index is -1.28. The average molecular weight is 367 g/mol. The Balaban J connectivity index is 2.02. The van der Waals surface area contributed by atoms with Crippen LogP contribution < -0.4 is 0 Å². The summed E-state index contributed by atoms with van der Waals surface area (Å²) in [6.45, 7) is 5.92. The van der Waals surface area contributed by atoms with Gasteiger partial charge < -0.3 is 15.0 Å². The van der Waals surface area contributed by atoms with E-state index in [1.54, 1.807) is 0 Å². The molecular formula is C20H27ClO4. The maximum atomic E-state index is 12.8. The zero-order valence-electron chi connectivity index (χ0n) is 15.0. The van der Waals surface area contributed by atoms with Crippen LogP contribution in [0.25, 0.3) is 0 Å². The number of alkyl halides is 1.